The third kappa shape index (κ3) is 3.75. The first kappa shape index (κ1) is 16.1. The van der Waals surface area contributed by atoms with Gasteiger partial charge in [-0.2, -0.15) is 0 Å². The Labute approximate surface area is 143 Å². The maximum absolute atomic E-state index is 13.3. The van der Waals surface area contributed by atoms with Gasteiger partial charge >= 0.3 is 0 Å². The quantitative estimate of drug-likeness (QED) is 0.678. The first-order valence-electron chi connectivity index (χ1n) is 7.12. The van der Waals surface area contributed by atoms with Crippen LogP contribution in [-0.2, 0) is 6.54 Å². The molecular formula is C17H15ClFN3S. The second-order valence-corrected chi connectivity index (χ2v) is 6.63. The van der Waals surface area contributed by atoms with Crippen molar-refractivity contribution in [2.75, 3.05) is 7.05 Å². The monoisotopic (exact) mass is 347 g/mol. The fourth-order valence-corrected chi connectivity index (χ4v) is 3.21. The summed E-state index contributed by atoms with van der Waals surface area (Å²) < 4.78 is 17.7. The molecule has 0 bridgehead atoms. The molecule has 0 saturated heterocycles. The van der Waals surface area contributed by atoms with Crippen molar-refractivity contribution in [3.63, 3.8) is 0 Å². The fourth-order valence-electron chi connectivity index (χ4n) is 2.60. The molecule has 118 valence electrons. The molecule has 0 saturated carbocycles. The van der Waals surface area contributed by atoms with Crippen LogP contribution in [0.2, 0.25) is 4.34 Å². The SMILES string of the molecule is CN(Cc1nnsc1Cl)C(c1ccccc1)c1ccc(F)cc1. The van der Waals surface area contributed by atoms with Crippen molar-refractivity contribution in [2.24, 2.45) is 0 Å². The molecule has 0 aliphatic carbocycles. The molecule has 1 aromatic heterocycles. The van der Waals surface area contributed by atoms with Crippen molar-refractivity contribution < 1.29 is 4.39 Å². The van der Waals surface area contributed by atoms with E-state index in [2.05, 4.69) is 26.6 Å². The summed E-state index contributed by atoms with van der Waals surface area (Å²) in [5, 5.41) is 4.07. The minimum Gasteiger partial charge on any atom is -0.289 e. The second kappa shape index (κ2) is 7.17. The Balaban J connectivity index is 1.94. The standard InChI is InChI=1S/C17H15ClFN3S/c1-22(11-15-17(18)23-21-20-15)16(12-5-3-2-4-6-12)13-7-9-14(19)10-8-13/h2-10,16H,11H2,1H3. The highest BCUT2D eigenvalue weighted by Gasteiger charge is 2.21. The normalized spacial score (nSPS) is 12.5. The maximum Gasteiger partial charge on any atom is 0.138 e. The first-order valence-corrected chi connectivity index (χ1v) is 8.27. The van der Waals surface area contributed by atoms with Crippen LogP contribution >= 0.6 is 23.1 Å². The zero-order valence-corrected chi connectivity index (χ0v) is 14.1. The number of benzene rings is 2. The Morgan fingerprint density at radius 2 is 1.74 bits per heavy atom. The van der Waals surface area contributed by atoms with Gasteiger partial charge in [-0.25, -0.2) is 4.39 Å². The van der Waals surface area contributed by atoms with E-state index in [4.69, 9.17) is 11.6 Å². The fraction of sp³-hybridized carbons (Fsp3) is 0.176. The summed E-state index contributed by atoms with van der Waals surface area (Å²) >= 11 is 7.30. The number of hydrogen-bond donors (Lipinski definition) is 0. The van der Waals surface area contributed by atoms with Crippen molar-refractivity contribution in [1.82, 2.24) is 14.5 Å². The number of rotatable bonds is 5. The van der Waals surface area contributed by atoms with Crippen LogP contribution in [0.1, 0.15) is 22.9 Å². The molecule has 1 heterocycles. The number of aromatic nitrogens is 2. The number of nitrogens with zero attached hydrogens (tertiary/aromatic N) is 3. The van der Waals surface area contributed by atoms with Crippen LogP contribution in [0.15, 0.2) is 54.6 Å². The van der Waals surface area contributed by atoms with Crippen molar-refractivity contribution in [1.29, 1.82) is 0 Å². The molecule has 1 atom stereocenters. The van der Waals surface area contributed by atoms with Crippen molar-refractivity contribution in [3.05, 3.63) is 81.6 Å². The smallest absolute Gasteiger partial charge is 0.138 e. The van der Waals surface area contributed by atoms with Crippen LogP contribution in [0.25, 0.3) is 0 Å². The average Bonchev–Trinajstić information content (AvgIpc) is 2.96. The molecular weight excluding hydrogens is 333 g/mol. The van der Waals surface area contributed by atoms with E-state index in [9.17, 15) is 4.39 Å². The largest absolute Gasteiger partial charge is 0.289 e. The molecule has 2 aromatic carbocycles. The van der Waals surface area contributed by atoms with E-state index in [-0.39, 0.29) is 11.9 Å². The van der Waals surface area contributed by atoms with Gasteiger partial charge in [0.05, 0.1) is 6.04 Å². The van der Waals surface area contributed by atoms with Crippen LogP contribution in [0.3, 0.4) is 0 Å². The summed E-state index contributed by atoms with van der Waals surface area (Å²) in [5.74, 6) is -0.241. The summed E-state index contributed by atoms with van der Waals surface area (Å²) in [6, 6.07) is 16.7. The third-order valence-electron chi connectivity index (χ3n) is 3.65. The van der Waals surface area contributed by atoms with Crippen molar-refractivity contribution in [3.8, 4) is 0 Å². The van der Waals surface area contributed by atoms with E-state index in [0.29, 0.717) is 10.9 Å². The van der Waals surface area contributed by atoms with Gasteiger partial charge in [0, 0.05) is 18.1 Å². The Morgan fingerprint density at radius 1 is 1.09 bits per heavy atom. The Bertz CT molecular complexity index is 761. The van der Waals surface area contributed by atoms with Gasteiger partial charge in [0.2, 0.25) is 0 Å². The Kier molecular flexibility index (Phi) is 5.00. The topological polar surface area (TPSA) is 29.0 Å². The van der Waals surface area contributed by atoms with Gasteiger partial charge in [-0.1, -0.05) is 58.6 Å². The van der Waals surface area contributed by atoms with Gasteiger partial charge in [-0.3, -0.25) is 4.90 Å². The van der Waals surface area contributed by atoms with E-state index in [1.165, 1.54) is 23.7 Å². The van der Waals surface area contributed by atoms with Gasteiger partial charge in [0.25, 0.3) is 0 Å². The molecule has 0 aliphatic rings. The van der Waals surface area contributed by atoms with Crippen LogP contribution in [-0.4, -0.2) is 21.5 Å². The number of halogens is 2. The van der Waals surface area contributed by atoms with E-state index in [1.54, 1.807) is 0 Å². The molecule has 0 amide bonds. The lowest BCUT2D eigenvalue weighted by Gasteiger charge is -2.28. The van der Waals surface area contributed by atoms with Crippen LogP contribution in [0.4, 0.5) is 4.39 Å². The first-order chi connectivity index (χ1) is 11.1. The third-order valence-corrected chi connectivity index (χ3v) is 4.63. The van der Waals surface area contributed by atoms with Gasteiger partial charge in [-0.05, 0) is 30.3 Å². The van der Waals surface area contributed by atoms with Crippen molar-refractivity contribution >= 4 is 23.1 Å². The number of hydrogen-bond acceptors (Lipinski definition) is 4. The van der Waals surface area contributed by atoms with E-state index in [0.717, 1.165) is 16.8 Å². The Morgan fingerprint density at radius 3 is 2.35 bits per heavy atom. The zero-order chi connectivity index (χ0) is 16.2. The average molecular weight is 348 g/mol. The molecule has 6 heteroatoms. The van der Waals surface area contributed by atoms with Crippen molar-refractivity contribution in [2.45, 2.75) is 12.6 Å². The highest BCUT2D eigenvalue weighted by molar-refractivity contribution is 7.10. The maximum atomic E-state index is 13.3. The van der Waals surface area contributed by atoms with Crippen LogP contribution in [0, 0.1) is 5.82 Å². The molecule has 0 aliphatic heterocycles. The summed E-state index contributed by atoms with van der Waals surface area (Å²) in [5.41, 5.74) is 2.89. The summed E-state index contributed by atoms with van der Waals surface area (Å²) in [6.45, 7) is 0.562. The van der Waals surface area contributed by atoms with Gasteiger partial charge in [0.1, 0.15) is 15.8 Å². The van der Waals surface area contributed by atoms with Crippen LogP contribution < -0.4 is 0 Å². The lowest BCUT2D eigenvalue weighted by molar-refractivity contribution is 0.267. The summed E-state index contributed by atoms with van der Waals surface area (Å²) in [4.78, 5) is 2.13. The van der Waals surface area contributed by atoms with Crippen LogP contribution in [0.5, 0.6) is 0 Å². The highest BCUT2D eigenvalue weighted by Crippen LogP contribution is 2.30. The molecule has 23 heavy (non-hydrogen) atoms. The molecule has 3 rings (SSSR count). The predicted molar refractivity (Wildman–Crippen MR) is 91.1 cm³/mol. The molecule has 3 aromatic rings. The Hall–Kier alpha value is -1.82. The minimum atomic E-state index is -0.241. The molecule has 0 radical (unpaired) electrons. The van der Waals surface area contributed by atoms with E-state index in [1.807, 2.05) is 37.4 Å². The summed E-state index contributed by atoms with van der Waals surface area (Å²) in [6.07, 6.45) is 0. The van der Waals surface area contributed by atoms with Gasteiger partial charge in [-0.15, -0.1) is 5.10 Å². The highest BCUT2D eigenvalue weighted by atomic mass is 35.5. The predicted octanol–water partition coefficient (Wildman–Crippen LogP) is 4.55. The second-order valence-electron chi connectivity index (χ2n) is 5.27. The molecule has 0 fully saturated rings. The summed E-state index contributed by atoms with van der Waals surface area (Å²) in [7, 11) is 2.00. The van der Waals surface area contributed by atoms with Gasteiger partial charge in [0.15, 0.2) is 0 Å². The lowest BCUT2D eigenvalue weighted by atomic mass is 9.97. The molecule has 1 unspecified atom stereocenters. The molecule has 3 nitrogen and oxygen atoms in total. The molecule has 0 N–H and O–H groups in total. The minimum absolute atomic E-state index is 0.0189. The zero-order valence-electron chi connectivity index (χ0n) is 12.5. The molecule has 0 spiro atoms. The lowest BCUT2D eigenvalue weighted by Crippen LogP contribution is -2.25. The van der Waals surface area contributed by atoms with E-state index >= 15 is 0 Å². The van der Waals surface area contributed by atoms with Gasteiger partial charge < -0.3 is 0 Å². The van der Waals surface area contributed by atoms with E-state index < -0.39 is 0 Å².